The van der Waals surface area contributed by atoms with E-state index >= 15 is 0 Å². The maximum atomic E-state index is 3.56. The van der Waals surface area contributed by atoms with E-state index in [9.17, 15) is 0 Å². The molecule has 0 fully saturated rings. The molecule has 0 heterocycles. The van der Waals surface area contributed by atoms with E-state index in [0.717, 1.165) is 12.8 Å². The van der Waals surface area contributed by atoms with Crippen molar-refractivity contribution >= 4 is 0 Å². The lowest BCUT2D eigenvalue weighted by Crippen LogP contribution is -1.61. The molecule has 0 heteroatoms. The Balaban J connectivity index is 2.93. The molecule has 0 amide bonds. The summed E-state index contributed by atoms with van der Waals surface area (Å²) in [5.41, 5.74) is 0. The van der Waals surface area contributed by atoms with Crippen molar-refractivity contribution in [1.82, 2.24) is 0 Å². The summed E-state index contributed by atoms with van der Waals surface area (Å²) in [7, 11) is 0. The highest BCUT2D eigenvalue weighted by Gasteiger charge is 1.70. The Morgan fingerprint density at radius 1 is 0.875 bits per heavy atom. The summed E-state index contributed by atoms with van der Waals surface area (Å²) in [6, 6.07) is 0. The molecule has 0 bridgehead atoms. The standard InChI is InChI=1S/C8H12/c1-3-5-7-8-6-4-2/h3-6H,1-2,7-8H2/b5-3+,6-4+. The van der Waals surface area contributed by atoms with Gasteiger partial charge < -0.3 is 0 Å². The summed E-state index contributed by atoms with van der Waals surface area (Å²) in [6.07, 6.45) is 9.87. The average molecular weight is 108 g/mol. The molecule has 0 aromatic heterocycles. The van der Waals surface area contributed by atoms with Gasteiger partial charge in [-0.25, -0.2) is 0 Å². The predicted octanol–water partition coefficient (Wildman–Crippen LogP) is 2.55. The fourth-order valence-corrected chi connectivity index (χ4v) is 0.428. The minimum Gasteiger partial charge on any atom is -0.0882 e. The zero-order valence-corrected chi connectivity index (χ0v) is 5.14. The lowest BCUT2D eigenvalue weighted by Gasteiger charge is -1.81. The van der Waals surface area contributed by atoms with Gasteiger partial charge in [-0.15, -0.1) is 0 Å². The lowest BCUT2D eigenvalue weighted by molar-refractivity contribution is 1.05. The molecular formula is C8H12. The topological polar surface area (TPSA) is 0 Å². The van der Waals surface area contributed by atoms with Gasteiger partial charge in [0.15, 0.2) is 0 Å². The molecule has 0 nitrogen and oxygen atoms in total. The van der Waals surface area contributed by atoms with Crippen LogP contribution in [0.25, 0.3) is 0 Å². The average Bonchev–Trinajstić information content (AvgIpc) is 1.81. The Bertz CT molecular complexity index is 66.0. The van der Waals surface area contributed by atoms with Crippen LogP contribution < -0.4 is 0 Å². The second kappa shape index (κ2) is 6.48. The quantitative estimate of drug-likeness (QED) is 0.487. The summed E-state index contributed by atoms with van der Waals surface area (Å²) in [5.74, 6) is 0. The fraction of sp³-hybridized carbons (Fsp3) is 0.250. The van der Waals surface area contributed by atoms with E-state index in [1.807, 2.05) is 24.3 Å². The molecule has 0 aliphatic rings. The number of rotatable bonds is 3. The number of hydrogen-bond acceptors (Lipinski definition) is 0. The lowest BCUT2D eigenvalue weighted by atomic mass is 10.3. The summed E-state index contributed by atoms with van der Waals surface area (Å²) in [6.45, 7) is 7.13. The maximum absolute atomic E-state index is 3.56. The van der Waals surface area contributed by atoms with Crippen LogP contribution in [0, 0.1) is 13.8 Å². The number of hydrogen-bond donors (Lipinski definition) is 0. The summed E-state index contributed by atoms with van der Waals surface area (Å²) >= 11 is 0. The van der Waals surface area contributed by atoms with Crippen molar-refractivity contribution in [3.8, 4) is 0 Å². The third kappa shape index (κ3) is 5.48. The van der Waals surface area contributed by atoms with Crippen LogP contribution >= 0.6 is 0 Å². The molecule has 8 heavy (non-hydrogen) atoms. The summed E-state index contributed by atoms with van der Waals surface area (Å²) < 4.78 is 0. The van der Waals surface area contributed by atoms with Crippen LogP contribution in [0.2, 0.25) is 0 Å². The van der Waals surface area contributed by atoms with Crippen molar-refractivity contribution in [2.75, 3.05) is 0 Å². The second-order valence-corrected chi connectivity index (χ2v) is 1.52. The molecule has 0 aromatic carbocycles. The molecule has 0 aromatic rings. The highest BCUT2D eigenvalue weighted by atomic mass is 13.8. The molecule has 0 aliphatic carbocycles. The Kier molecular flexibility index (Phi) is 6.06. The van der Waals surface area contributed by atoms with Crippen LogP contribution in [0.4, 0.5) is 0 Å². The SMILES string of the molecule is [CH2]/C=C/CC/C=C/[CH2]. The highest BCUT2D eigenvalue weighted by Crippen LogP contribution is 1.90. The zero-order valence-electron chi connectivity index (χ0n) is 5.14. The van der Waals surface area contributed by atoms with Crippen LogP contribution in [-0.4, -0.2) is 0 Å². The third-order valence-electron chi connectivity index (χ3n) is 0.833. The normalized spacial score (nSPS) is 11.8. The van der Waals surface area contributed by atoms with Gasteiger partial charge in [0, 0.05) is 0 Å². The smallest absolute Gasteiger partial charge is 0.0316 e. The minimum absolute atomic E-state index is 1.08. The van der Waals surface area contributed by atoms with E-state index in [1.165, 1.54) is 0 Å². The Morgan fingerprint density at radius 2 is 1.25 bits per heavy atom. The summed E-state index contributed by atoms with van der Waals surface area (Å²) in [5, 5.41) is 0. The highest BCUT2D eigenvalue weighted by molar-refractivity contribution is 4.89. The van der Waals surface area contributed by atoms with Gasteiger partial charge in [-0.3, -0.25) is 0 Å². The van der Waals surface area contributed by atoms with Gasteiger partial charge in [-0.2, -0.15) is 0 Å². The van der Waals surface area contributed by atoms with Gasteiger partial charge >= 0.3 is 0 Å². The van der Waals surface area contributed by atoms with Crippen LogP contribution in [0.1, 0.15) is 12.8 Å². The molecule has 2 radical (unpaired) electrons. The first-order chi connectivity index (χ1) is 3.91. The van der Waals surface area contributed by atoms with Gasteiger partial charge in [-0.1, -0.05) is 24.3 Å². The van der Waals surface area contributed by atoms with Gasteiger partial charge in [0.05, 0.1) is 0 Å². The van der Waals surface area contributed by atoms with E-state index < -0.39 is 0 Å². The van der Waals surface area contributed by atoms with Crippen molar-refractivity contribution in [3.05, 3.63) is 38.2 Å². The first-order valence-corrected chi connectivity index (χ1v) is 2.80. The van der Waals surface area contributed by atoms with Gasteiger partial charge in [0.1, 0.15) is 0 Å². The molecule has 0 rings (SSSR count). The van der Waals surface area contributed by atoms with Crippen LogP contribution in [-0.2, 0) is 0 Å². The Labute approximate surface area is 51.9 Å². The van der Waals surface area contributed by atoms with E-state index in [0.29, 0.717) is 0 Å². The molecule has 0 unspecified atom stereocenters. The van der Waals surface area contributed by atoms with Crippen LogP contribution in [0.5, 0.6) is 0 Å². The zero-order chi connectivity index (χ0) is 6.24. The van der Waals surface area contributed by atoms with Gasteiger partial charge in [0.25, 0.3) is 0 Å². The fourth-order valence-electron chi connectivity index (χ4n) is 0.428. The molecule has 0 saturated carbocycles. The van der Waals surface area contributed by atoms with Crippen molar-refractivity contribution < 1.29 is 0 Å². The first-order valence-electron chi connectivity index (χ1n) is 2.80. The van der Waals surface area contributed by atoms with E-state index in [2.05, 4.69) is 13.8 Å². The molecule has 0 N–H and O–H groups in total. The Hall–Kier alpha value is -0.520. The third-order valence-corrected chi connectivity index (χ3v) is 0.833. The first kappa shape index (κ1) is 7.48. The van der Waals surface area contributed by atoms with Crippen molar-refractivity contribution in [1.29, 1.82) is 0 Å². The maximum Gasteiger partial charge on any atom is -0.0316 e. The molecule has 0 aliphatic heterocycles. The van der Waals surface area contributed by atoms with E-state index in [4.69, 9.17) is 0 Å². The Morgan fingerprint density at radius 3 is 1.50 bits per heavy atom. The summed E-state index contributed by atoms with van der Waals surface area (Å²) in [4.78, 5) is 0. The van der Waals surface area contributed by atoms with E-state index in [1.54, 1.807) is 0 Å². The van der Waals surface area contributed by atoms with E-state index in [-0.39, 0.29) is 0 Å². The second-order valence-electron chi connectivity index (χ2n) is 1.52. The van der Waals surface area contributed by atoms with Gasteiger partial charge in [-0.05, 0) is 26.7 Å². The van der Waals surface area contributed by atoms with Crippen molar-refractivity contribution in [3.63, 3.8) is 0 Å². The van der Waals surface area contributed by atoms with Crippen molar-refractivity contribution in [2.45, 2.75) is 12.8 Å². The molecule has 0 spiro atoms. The van der Waals surface area contributed by atoms with Crippen LogP contribution in [0.3, 0.4) is 0 Å². The van der Waals surface area contributed by atoms with Gasteiger partial charge in [0.2, 0.25) is 0 Å². The molecular weight excluding hydrogens is 96.1 g/mol. The predicted molar refractivity (Wildman–Crippen MR) is 38.2 cm³/mol. The molecule has 0 saturated heterocycles. The number of allylic oxidation sites excluding steroid dienone is 4. The van der Waals surface area contributed by atoms with Crippen molar-refractivity contribution in [2.24, 2.45) is 0 Å². The minimum atomic E-state index is 1.08. The molecule has 0 atom stereocenters. The van der Waals surface area contributed by atoms with Crippen LogP contribution in [0.15, 0.2) is 24.3 Å². The molecule has 44 valence electrons. The largest absolute Gasteiger partial charge is 0.0882 e. The monoisotopic (exact) mass is 108 g/mol. The number of unbranched alkanes of at least 4 members (excludes halogenated alkanes) is 1.